The molecule has 0 saturated heterocycles. The summed E-state index contributed by atoms with van der Waals surface area (Å²) in [5.74, 6) is -0.626. The fraction of sp³-hybridized carbons (Fsp3) is 0.333. The van der Waals surface area contributed by atoms with Crippen molar-refractivity contribution in [2.45, 2.75) is 32.1 Å². The molecule has 0 unspecified atom stereocenters. The number of anilines is 1. The fourth-order valence-corrected chi connectivity index (χ4v) is 1.89. The number of halogens is 3. The van der Waals surface area contributed by atoms with E-state index in [0.29, 0.717) is 5.95 Å². The third-order valence-electron chi connectivity index (χ3n) is 2.95. The number of pyridine rings is 1. The van der Waals surface area contributed by atoms with Gasteiger partial charge in [0.2, 0.25) is 5.95 Å². The van der Waals surface area contributed by atoms with E-state index < -0.39 is 18.1 Å². The molecule has 2 aromatic heterocycles. The van der Waals surface area contributed by atoms with E-state index in [4.69, 9.17) is 0 Å². The minimum atomic E-state index is -4.65. The third kappa shape index (κ3) is 4.64. The van der Waals surface area contributed by atoms with Crippen LogP contribution in [0, 0.1) is 0 Å². The van der Waals surface area contributed by atoms with Crippen molar-refractivity contribution in [3.8, 4) is 0 Å². The van der Waals surface area contributed by atoms with Crippen LogP contribution < -0.4 is 10.6 Å². The Morgan fingerprint density at radius 3 is 2.33 bits per heavy atom. The Kier molecular flexibility index (Phi) is 5.32. The number of carbonyl (C=O) groups excluding carboxylic acids is 1. The first kappa shape index (κ1) is 17.6. The van der Waals surface area contributed by atoms with Crippen LogP contribution in [0.4, 0.5) is 19.1 Å². The van der Waals surface area contributed by atoms with Gasteiger partial charge in [-0.2, -0.15) is 13.2 Å². The lowest BCUT2D eigenvalue weighted by atomic mass is 10.1. The first-order chi connectivity index (χ1) is 11.3. The molecule has 0 spiro atoms. The van der Waals surface area contributed by atoms with Crippen LogP contribution in [0.15, 0.2) is 36.9 Å². The van der Waals surface area contributed by atoms with Gasteiger partial charge in [0.1, 0.15) is 0 Å². The van der Waals surface area contributed by atoms with Gasteiger partial charge in [-0.15, -0.1) is 0 Å². The van der Waals surface area contributed by atoms with Gasteiger partial charge in [0.25, 0.3) is 5.91 Å². The molecule has 9 heteroatoms. The zero-order valence-corrected chi connectivity index (χ0v) is 13.0. The van der Waals surface area contributed by atoms with Gasteiger partial charge in [-0.25, -0.2) is 9.97 Å². The Bertz CT molecular complexity index is 674. The minimum Gasteiger partial charge on any atom is -0.352 e. The van der Waals surface area contributed by atoms with Gasteiger partial charge in [0, 0.05) is 36.4 Å². The summed E-state index contributed by atoms with van der Waals surface area (Å²) >= 11 is 0. The average Bonchev–Trinajstić information content (AvgIpc) is 2.52. The standard InChI is InChI=1S/C15H16F3N5O/c1-9(2)22-14-20-7-11(8-21-14)13(24)23-12(15(16,17)18)10-4-3-5-19-6-10/h3-9,12H,1-2H3,(H,23,24)(H,20,21,22)/t12-/m1/s1. The summed E-state index contributed by atoms with van der Waals surface area (Å²) in [5, 5.41) is 4.87. The van der Waals surface area contributed by atoms with E-state index in [1.165, 1.54) is 30.7 Å². The van der Waals surface area contributed by atoms with Crippen molar-refractivity contribution in [2.24, 2.45) is 0 Å². The zero-order chi connectivity index (χ0) is 17.7. The molecule has 0 bridgehead atoms. The molecule has 2 heterocycles. The molecule has 1 amide bonds. The molecule has 128 valence electrons. The summed E-state index contributed by atoms with van der Waals surface area (Å²) < 4.78 is 39.6. The van der Waals surface area contributed by atoms with E-state index in [-0.39, 0.29) is 17.2 Å². The van der Waals surface area contributed by atoms with Crippen molar-refractivity contribution in [1.29, 1.82) is 0 Å². The molecule has 0 aliphatic carbocycles. The number of rotatable bonds is 5. The smallest absolute Gasteiger partial charge is 0.352 e. The second-order valence-electron chi connectivity index (χ2n) is 5.33. The molecular formula is C15H16F3N5O. The molecule has 2 rings (SSSR count). The number of hydrogen-bond donors (Lipinski definition) is 2. The van der Waals surface area contributed by atoms with E-state index in [2.05, 4.69) is 20.3 Å². The van der Waals surface area contributed by atoms with Gasteiger partial charge >= 0.3 is 6.18 Å². The van der Waals surface area contributed by atoms with Crippen LogP contribution in [-0.2, 0) is 0 Å². The second kappa shape index (κ2) is 7.24. The van der Waals surface area contributed by atoms with Gasteiger partial charge in [0.05, 0.1) is 5.56 Å². The Hall–Kier alpha value is -2.71. The number of carbonyl (C=O) groups is 1. The lowest BCUT2D eigenvalue weighted by Gasteiger charge is -2.21. The lowest BCUT2D eigenvalue weighted by molar-refractivity contribution is -0.155. The minimum absolute atomic E-state index is 0.0672. The van der Waals surface area contributed by atoms with Crippen LogP contribution in [-0.4, -0.2) is 33.1 Å². The second-order valence-corrected chi connectivity index (χ2v) is 5.33. The maximum absolute atomic E-state index is 13.2. The predicted octanol–water partition coefficient (Wildman–Crippen LogP) is 2.73. The van der Waals surface area contributed by atoms with Crippen LogP contribution in [0.5, 0.6) is 0 Å². The molecule has 6 nitrogen and oxygen atoms in total. The quantitative estimate of drug-likeness (QED) is 0.875. The SMILES string of the molecule is CC(C)Nc1ncc(C(=O)N[C@H](c2cccnc2)C(F)(F)F)cn1. The largest absolute Gasteiger partial charge is 0.412 e. The van der Waals surface area contributed by atoms with Crippen LogP contribution in [0.25, 0.3) is 0 Å². The van der Waals surface area contributed by atoms with Crippen molar-refractivity contribution in [1.82, 2.24) is 20.3 Å². The maximum atomic E-state index is 13.2. The van der Waals surface area contributed by atoms with Crippen molar-refractivity contribution >= 4 is 11.9 Å². The molecule has 2 N–H and O–H groups in total. The fourth-order valence-electron chi connectivity index (χ4n) is 1.89. The van der Waals surface area contributed by atoms with Gasteiger partial charge in [-0.3, -0.25) is 9.78 Å². The number of aromatic nitrogens is 3. The lowest BCUT2D eigenvalue weighted by Crippen LogP contribution is -2.38. The van der Waals surface area contributed by atoms with E-state index in [1.807, 2.05) is 19.2 Å². The highest BCUT2D eigenvalue weighted by Crippen LogP contribution is 2.32. The highest BCUT2D eigenvalue weighted by Gasteiger charge is 2.42. The van der Waals surface area contributed by atoms with Crippen molar-refractivity contribution in [3.05, 3.63) is 48.0 Å². The molecule has 0 aliphatic rings. The highest BCUT2D eigenvalue weighted by molar-refractivity contribution is 5.94. The Labute approximate surface area is 136 Å². The van der Waals surface area contributed by atoms with E-state index in [1.54, 1.807) is 0 Å². The molecule has 0 saturated carbocycles. The van der Waals surface area contributed by atoms with Crippen molar-refractivity contribution in [3.63, 3.8) is 0 Å². The van der Waals surface area contributed by atoms with Gasteiger partial charge in [-0.05, 0) is 19.9 Å². The van der Waals surface area contributed by atoms with Crippen molar-refractivity contribution < 1.29 is 18.0 Å². The number of amides is 1. The summed E-state index contributed by atoms with van der Waals surface area (Å²) in [4.78, 5) is 23.5. The Morgan fingerprint density at radius 1 is 1.17 bits per heavy atom. The van der Waals surface area contributed by atoms with E-state index in [0.717, 1.165) is 6.20 Å². The Morgan fingerprint density at radius 2 is 1.83 bits per heavy atom. The molecule has 0 fully saturated rings. The van der Waals surface area contributed by atoms with Crippen LogP contribution in [0.1, 0.15) is 35.8 Å². The summed E-state index contributed by atoms with van der Waals surface area (Å²) in [6.07, 6.45) is 0.101. The maximum Gasteiger partial charge on any atom is 0.412 e. The molecule has 1 atom stereocenters. The van der Waals surface area contributed by atoms with Crippen LogP contribution in [0.3, 0.4) is 0 Å². The molecule has 0 aliphatic heterocycles. The summed E-state index contributed by atoms with van der Waals surface area (Å²) in [7, 11) is 0. The predicted molar refractivity (Wildman–Crippen MR) is 81.3 cm³/mol. The average molecular weight is 339 g/mol. The first-order valence-corrected chi connectivity index (χ1v) is 7.13. The molecule has 0 aromatic carbocycles. The first-order valence-electron chi connectivity index (χ1n) is 7.13. The molecule has 24 heavy (non-hydrogen) atoms. The summed E-state index contributed by atoms with van der Waals surface area (Å²) in [5.41, 5.74) is -0.222. The number of alkyl halides is 3. The normalized spacial score (nSPS) is 12.8. The monoisotopic (exact) mass is 339 g/mol. The van der Waals surface area contributed by atoms with Gasteiger partial charge < -0.3 is 10.6 Å². The zero-order valence-electron chi connectivity index (χ0n) is 13.0. The van der Waals surface area contributed by atoms with Crippen molar-refractivity contribution in [2.75, 3.05) is 5.32 Å². The number of nitrogens with zero attached hydrogens (tertiary/aromatic N) is 3. The number of hydrogen-bond acceptors (Lipinski definition) is 5. The van der Waals surface area contributed by atoms with Crippen LogP contribution >= 0.6 is 0 Å². The summed E-state index contributed by atoms with van der Waals surface area (Å²) in [6.45, 7) is 3.76. The van der Waals surface area contributed by atoms with Gasteiger partial charge in [-0.1, -0.05) is 6.07 Å². The van der Waals surface area contributed by atoms with Gasteiger partial charge in [0.15, 0.2) is 6.04 Å². The molecule has 2 aromatic rings. The van der Waals surface area contributed by atoms with Crippen LogP contribution in [0.2, 0.25) is 0 Å². The highest BCUT2D eigenvalue weighted by atomic mass is 19.4. The molecular weight excluding hydrogens is 323 g/mol. The number of nitrogens with one attached hydrogen (secondary N) is 2. The summed E-state index contributed by atoms with van der Waals surface area (Å²) in [6, 6.07) is 0.546. The molecule has 0 radical (unpaired) electrons. The Balaban J connectivity index is 2.16. The van der Waals surface area contributed by atoms with E-state index in [9.17, 15) is 18.0 Å². The topological polar surface area (TPSA) is 79.8 Å². The van der Waals surface area contributed by atoms with E-state index >= 15 is 0 Å². The third-order valence-corrected chi connectivity index (χ3v) is 2.95.